The van der Waals surface area contributed by atoms with Crippen LogP contribution in [0.3, 0.4) is 0 Å². The SMILES string of the molecule is CCC(Oc1ccc(C(=O)O)cc1)Oc1ccc(C(=O)O)cc1.O=C(O)CCCCCCCCC(=O)O.O=C(O)CCCCCCCCCCC(=O)O. The minimum Gasteiger partial charge on any atom is -0.481 e. The summed E-state index contributed by atoms with van der Waals surface area (Å²) in [6.07, 6.45) is 14.3. The molecular formula is C39H56O14. The fourth-order valence-electron chi connectivity index (χ4n) is 4.72. The van der Waals surface area contributed by atoms with E-state index >= 15 is 0 Å². The van der Waals surface area contributed by atoms with Gasteiger partial charge < -0.3 is 40.1 Å². The van der Waals surface area contributed by atoms with E-state index in [9.17, 15) is 28.8 Å². The van der Waals surface area contributed by atoms with Crippen LogP contribution in [-0.4, -0.2) is 72.7 Å². The highest BCUT2D eigenvalue weighted by atomic mass is 16.7. The number of carboxylic acids is 6. The second-order valence-electron chi connectivity index (χ2n) is 12.3. The lowest BCUT2D eigenvalue weighted by molar-refractivity contribution is -0.138. The molecule has 14 heteroatoms. The van der Waals surface area contributed by atoms with Gasteiger partial charge in [-0.3, -0.25) is 19.2 Å². The Morgan fingerprint density at radius 3 is 0.830 bits per heavy atom. The minimum absolute atomic E-state index is 0.176. The Hall–Kier alpha value is -5.14. The molecule has 0 radical (unpaired) electrons. The highest BCUT2D eigenvalue weighted by Crippen LogP contribution is 2.19. The van der Waals surface area contributed by atoms with Crippen LogP contribution in [0.15, 0.2) is 48.5 Å². The standard InChI is InChI=1S/C17H16O6.C12H22O4.C10H18O4/c1-2-15(22-13-7-3-11(4-8-13)16(18)19)23-14-9-5-12(6-10-14)17(20)21;13-11(14)9-7-5-3-1-2-4-6-8-10-12(15)16;11-9(12)7-5-3-1-2-4-6-8-10(13)14/h3-10,15H,2H2,1H3,(H,18,19)(H,20,21);1-10H2,(H,13,14)(H,15,16);1-8H2,(H,11,12)(H,13,14). The summed E-state index contributed by atoms with van der Waals surface area (Å²) in [5.41, 5.74) is 0.353. The number of carboxylic acid groups (broad SMARTS) is 6. The summed E-state index contributed by atoms with van der Waals surface area (Å²) in [7, 11) is 0. The third kappa shape index (κ3) is 29.2. The van der Waals surface area contributed by atoms with Crippen LogP contribution in [0, 0.1) is 0 Å². The average molecular weight is 749 g/mol. The molecule has 0 atom stereocenters. The zero-order valence-corrected chi connectivity index (χ0v) is 30.6. The molecule has 0 fully saturated rings. The third-order valence-corrected chi connectivity index (χ3v) is 7.63. The van der Waals surface area contributed by atoms with E-state index < -0.39 is 42.1 Å². The monoisotopic (exact) mass is 748 g/mol. The molecule has 14 nitrogen and oxygen atoms in total. The molecule has 0 aliphatic carbocycles. The van der Waals surface area contributed by atoms with Crippen molar-refractivity contribution in [3.63, 3.8) is 0 Å². The van der Waals surface area contributed by atoms with Crippen molar-refractivity contribution < 1.29 is 68.9 Å². The summed E-state index contributed by atoms with van der Waals surface area (Å²) < 4.78 is 11.3. The van der Waals surface area contributed by atoms with Crippen molar-refractivity contribution in [3.8, 4) is 11.5 Å². The molecule has 0 saturated carbocycles. The Kier molecular flexibility index (Phi) is 27.5. The second-order valence-corrected chi connectivity index (χ2v) is 12.3. The number of aliphatic carboxylic acids is 4. The molecule has 0 amide bonds. The Bertz CT molecular complexity index is 1240. The molecule has 2 rings (SSSR count). The number of hydrogen-bond donors (Lipinski definition) is 6. The van der Waals surface area contributed by atoms with Gasteiger partial charge in [-0.15, -0.1) is 0 Å². The van der Waals surface area contributed by atoms with Crippen LogP contribution < -0.4 is 9.47 Å². The van der Waals surface area contributed by atoms with Gasteiger partial charge in [-0.1, -0.05) is 71.1 Å². The smallest absolute Gasteiger partial charge is 0.335 e. The van der Waals surface area contributed by atoms with E-state index in [0.717, 1.165) is 89.9 Å². The molecule has 0 aliphatic heterocycles. The normalized spacial score (nSPS) is 10.2. The number of hydrogen-bond acceptors (Lipinski definition) is 8. The van der Waals surface area contributed by atoms with Gasteiger partial charge in [0, 0.05) is 32.1 Å². The van der Waals surface area contributed by atoms with Crippen molar-refractivity contribution in [2.24, 2.45) is 0 Å². The summed E-state index contributed by atoms with van der Waals surface area (Å²) in [4.78, 5) is 62.3. The molecule has 6 N–H and O–H groups in total. The van der Waals surface area contributed by atoms with Crippen molar-refractivity contribution >= 4 is 35.8 Å². The maximum atomic E-state index is 10.8. The first-order chi connectivity index (χ1) is 25.2. The molecule has 0 saturated heterocycles. The van der Waals surface area contributed by atoms with Crippen LogP contribution in [0.25, 0.3) is 0 Å². The zero-order valence-electron chi connectivity index (χ0n) is 30.6. The van der Waals surface area contributed by atoms with Gasteiger partial charge in [-0.25, -0.2) is 9.59 Å². The number of rotatable bonds is 27. The molecule has 0 spiro atoms. The summed E-state index contributed by atoms with van der Waals surface area (Å²) in [6.45, 7) is 1.88. The fourth-order valence-corrected chi connectivity index (χ4v) is 4.72. The quantitative estimate of drug-likeness (QED) is 0.0370. The van der Waals surface area contributed by atoms with Gasteiger partial charge in [0.25, 0.3) is 0 Å². The number of benzene rings is 2. The molecular weight excluding hydrogens is 692 g/mol. The van der Waals surface area contributed by atoms with E-state index in [1.165, 1.54) is 24.3 Å². The van der Waals surface area contributed by atoms with Crippen molar-refractivity contribution in [1.29, 1.82) is 0 Å². The Morgan fingerprint density at radius 2 is 0.642 bits per heavy atom. The number of unbranched alkanes of at least 4 members (excludes halogenated alkanes) is 12. The summed E-state index contributed by atoms with van der Waals surface area (Å²) >= 11 is 0. The van der Waals surface area contributed by atoms with Crippen LogP contribution in [0.4, 0.5) is 0 Å². The Labute approximate surface area is 310 Å². The van der Waals surface area contributed by atoms with Crippen LogP contribution in [0.5, 0.6) is 11.5 Å². The topological polar surface area (TPSA) is 242 Å². The van der Waals surface area contributed by atoms with Gasteiger partial charge in [-0.2, -0.15) is 0 Å². The first kappa shape index (κ1) is 47.9. The maximum absolute atomic E-state index is 10.8. The summed E-state index contributed by atoms with van der Waals surface area (Å²) in [5, 5.41) is 51.2. The van der Waals surface area contributed by atoms with Crippen LogP contribution in [-0.2, 0) is 19.2 Å². The van der Waals surface area contributed by atoms with Crippen molar-refractivity contribution in [2.75, 3.05) is 0 Å². The first-order valence-corrected chi connectivity index (χ1v) is 18.1. The zero-order chi connectivity index (χ0) is 39.9. The van der Waals surface area contributed by atoms with Gasteiger partial charge in [-0.05, 0) is 74.2 Å². The highest BCUT2D eigenvalue weighted by Gasteiger charge is 2.12. The van der Waals surface area contributed by atoms with Crippen molar-refractivity contribution in [1.82, 2.24) is 0 Å². The molecule has 0 heterocycles. The van der Waals surface area contributed by atoms with E-state index in [4.69, 9.17) is 40.1 Å². The molecule has 0 bridgehead atoms. The van der Waals surface area contributed by atoms with Crippen LogP contribution in [0.1, 0.15) is 150 Å². The number of carbonyl (C=O) groups is 6. The first-order valence-electron chi connectivity index (χ1n) is 18.1. The van der Waals surface area contributed by atoms with Gasteiger partial charge in [0.1, 0.15) is 11.5 Å². The average Bonchev–Trinajstić information content (AvgIpc) is 3.10. The van der Waals surface area contributed by atoms with E-state index in [1.54, 1.807) is 24.3 Å². The molecule has 296 valence electrons. The van der Waals surface area contributed by atoms with E-state index in [-0.39, 0.29) is 36.8 Å². The number of ether oxygens (including phenoxy) is 2. The lowest BCUT2D eigenvalue weighted by Gasteiger charge is -2.19. The molecule has 0 aliphatic rings. The second kappa shape index (κ2) is 30.5. The third-order valence-electron chi connectivity index (χ3n) is 7.63. The minimum atomic E-state index is -1.00. The Balaban J connectivity index is 0.000000800. The predicted molar refractivity (Wildman–Crippen MR) is 196 cm³/mol. The van der Waals surface area contributed by atoms with Crippen LogP contribution >= 0.6 is 0 Å². The summed E-state index contributed by atoms with van der Waals surface area (Å²) in [6, 6.07) is 12.0. The van der Waals surface area contributed by atoms with E-state index in [0.29, 0.717) is 17.9 Å². The largest absolute Gasteiger partial charge is 0.481 e. The lowest BCUT2D eigenvalue weighted by Crippen LogP contribution is -2.22. The van der Waals surface area contributed by atoms with Gasteiger partial charge >= 0.3 is 35.8 Å². The fraction of sp³-hybridized carbons (Fsp3) is 0.538. The van der Waals surface area contributed by atoms with Gasteiger partial charge in [0.2, 0.25) is 6.29 Å². The summed E-state index contributed by atoms with van der Waals surface area (Å²) in [5.74, 6) is -3.93. The van der Waals surface area contributed by atoms with Crippen LogP contribution in [0.2, 0.25) is 0 Å². The van der Waals surface area contributed by atoms with Gasteiger partial charge in [0.05, 0.1) is 11.1 Å². The number of aromatic carboxylic acids is 2. The molecule has 0 aromatic heterocycles. The van der Waals surface area contributed by atoms with Crippen molar-refractivity contribution in [2.45, 2.75) is 135 Å². The predicted octanol–water partition coefficient (Wildman–Crippen LogP) is 8.61. The maximum Gasteiger partial charge on any atom is 0.335 e. The lowest BCUT2D eigenvalue weighted by atomic mass is 10.1. The molecule has 53 heavy (non-hydrogen) atoms. The Morgan fingerprint density at radius 1 is 0.415 bits per heavy atom. The highest BCUT2D eigenvalue weighted by molar-refractivity contribution is 5.88. The van der Waals surface area contributed by atoms with Crippen molar-refractivity contribution in [3.05, 3.63) is 59.7 Å². The molecule has 2 aromatic rings. The van der Waals surface area contributed by atoms with Gasteiger partial charge in [0.15, 0.2) is 0 Å². The molecule has 0 unspecified atom stereocenters. The van der Waals surface area contributed by atoms with E-state index in [1.807, 2.05) is 6.92 Å². The molecule has 2 aromatic carbocycles. The van der Waals surface area contributed by atoms with E-state index in [2.05, 4.69) is 0 Å².